The Labute approximate surface area is 206 Å². The minimum absolute atomic E-state index is 0.0543. The molecule has 194 valence electrons. The van der Waals surface area contributed by atoms with E-state index in [-0.39, 0.29) is 31.4 Å². The monoisotopic (exact) mass is 478 g/mol. The van der Waals surface area contributed by atoms with Gasteiger partial charge < -0.3 is 14.2 Å². The van der Waals surface area contributed by atoms with Crippen LogP contribution < -0.4 is 0 Å². The standard InChI is InChI=1S/C28H46O6/c1-4-7-9-11-13-15-17-33-26(29)21-23-19-25(28(31)32-6-3)20-24(23)22-27(30)34-18-16-14-12-10-8-5-2/h19H,4-18,20-22H2,1-3H3. The largest absolute Gasteiger partial charge is 0.465 e. The van der Waals surface area contributed by atoms with Gasteiger partial charge in [0.25, 0.3) is 0 Å². The molecule has 0 atom stereocenters. The summed E-state index contributed by atoms with van der Waals surface area (Å²) in [5.41, 5.74) is 1.89. The molecule has 0 aromatic carbocycles. The quantitative estimate of drug-likeness (QED) is 0.109. The first-order valence-corrected chi connectivity index (χ1v) is 13.4. The molecule has 0 saturated heterocycles. The fraction of sp³-hybridized carbons (Fsp3) is 0.750. The van der Waals surface area contributed by atoms with E-state index >= 15 is 0 Å². The summed E-state index contributed by atoms with van der Waals surface area (Å²) < 4.78 is 15.9. The van der Waals surface area contributed by atoms with Crippen molar-refractivity contribution in [3.63, 3.8) is 0 Å². The van der Waals surface area contributed by atoms with Gasteiger partial charge in [0, 0.05) is 12.0 Å². The van der Waals surface area contributed by atoms with Crippen LogP contribution in [0.4, 0.5) is 0 Å². The lowest BCUT2D eigenvalue weighted by atomic mass is 10.0. The zero-order valence-electron chi connectivity index (χ0n) is 21.8. The number of carbonyl (C=O) groups excluding carboxylic acids is 3. The van der Waals surface area contributed by atoms with E-state index in [1.54, 1.807) is 13.0 Å². The molecule has 0 amide bonds. The Hall–Kier alpha value is -2.11. The minimum Gasteiger partial charge on any atom is -0.465 e. The number of carbonyl (C=O) groups is 3. The summed E-state index contributed by atoms with van der Waals surface area (Å²) in [6.07, 6.45) is 15.6. The summed E-state index contributed by atoms with van der Waals surface area (Å²) in [4.78, 5) is 36.9. The van der Waals surface area contributed by atoms with E-state index in [0.29, 0.717) is 30.8 Å². The van der Waals surface area contributed by atoms with Crippen LogP contribution in [0.1, 0.15) is 117 Å². The van der Waals surface area contributed by atoms with Crippen LogP contribution in [0.2, 0.25) is 0 Å². The van der Waals surface area contributed by atoms with Crippen LogP contribution in [-0.4, -0.2) is 37.7 Å². The molecular weight excluding hydrogens is 432 g/mol. The Morgan fingerprint density at radius 1 is 0.676 bits per heavy atom. The molecule has 0 radical (unpaired) electrons. The normalized spacial score (nSPS) is 13.1. The molecular formula is C28H46O6. The molecule has 0 unspecified atom stereocenters. The highest BCUT2D eigenvalue weighted by Crippen LogP contribution is 2.31. The molecule has 0 aromatic rings. The Kier molecular flexibility index (Phi) is 16.9. The van der Waals surface area contributed by atoms with Crippen LogP contribution in [0.15, 0.2) is 22.8 Å². The SMILES string of the molecule is CCCCCCCCOC(=O)CC1=C(CC(=O)OCCCCCCCC)CC(C(=O)OCC)=C1. The van der Waals surface area contributed by atoms with Crippen molar-refractivity contribution >= 4 is 17.9 Å². The Bertz CT molecular complexity index is 676. The highest BCUT2D eigenvalue weighted by molar-refractivity contribution is 5.92. The van der Waals surface area contributed by atoms with Gasteiger partial charge in [-0.15, -0.1) is 0 Å². The van der Waals surface area contributed by atoms with Gasteiger partial charge >= 0.3 is 17.9 Å². The van der Waals surface area contributed by atoms with Gasteiger partial charge in [-0.05, 0) is 31.4 Å². The minimum atomic E-state index is -0.407. The third kappa shape index (κ3) is 13.6. The molecule has 0 fully saturated rings. The second-order valence-electron chi connectivity index (χ2n) is 9.03. The fourth-order valence-corrected chi connectivity index (χ4v) is 3.98. The van der Waals surface area contributed by atoms with Crippen LogP contribution in [-0.2, 0) is 28.6 Å². The molecule has 0 aromatic heterocycles. The highest BCUT2D eigenvalue weighted by atomic mass is 16.5. The Morgan fingerprint density at radius 3 is 1.71 bits per heavy atom. The fourth-order valence-electron chi connectivity index (χ4n) is 3.98. The van der Waals surface area contributed by atoms with Crippen molar-refractivity contribution in [1.29, 1.82) is 0 Å². The number of ether oxygens (including phenoxy) is 3. The number of esters is 3. The molecule has 1 aliphatic rings. The van der Waals surface area contributed by atoms with E-state index in [9.17, 15) is 14.4 Å². The van der Waals surface area contributed by atoms with E-state index in [1.165, 1.54) is 38.5 Å². The molecule has 6 nitrogen and oxygen atoms in total. The molecule has 0 spiro atoms. The number of allylic oxidation sites excluding steroid dienone is 1. The van der Waals surface area contributed by atoms with E-state index in [2.05, 4.69) is 13.8 Å². The molecule has 6 heteroatoms. The lowest BCUT2D eigenvalue weighted by molar-refractivity contribution is -0.144. The van der Waals surface area contributed by atoms with Crippen LogP contribution in [0, 0.1) is 0 Å². The summed E-state index contributed by atoms with van der Waals surface area (Å²) in [7, 11) is 0. The van der Waals surface area contributed by atoms with Crippen LogP contribution in [0.3, 0.4) is 0 Å². The molecule has 1 aliphatic carbocycles. The first-order chi connectivity index (χ1) is 16.5. The molecule has 34 heavy (non-hydrogen) atoms. The topological polar surface area (TPSA) is 78.9 Å². The van der Waals surface area contributed by atoms with Gasteiger partial charge in [0.1, 0.15) is 0 Å². The average molecular weight is 479 g/mol. The maximum atomic E-state index is 12.4. The molecule has 0 bridgehead atoms. The zero-order chi connectivity index (χ0) is 25.0. The van der Waals surface area contributed by atoms with Gasteiger partial charge in [-0.1, -0.05) is 83.6 Å². The van der Waals surface area contributed by atoms with Gasteiger partial charge in [0.05, 0.1) is 32.7 Å². The number of unbranched alkanes of at least 4 members (excludes halogenated alkanes) is 10. The van der Waals surface area contributed by atoms with E-state index in [0.717, 1.165) is 44.1 Å². The lowest BCUT2D eigenvalue weighted by Crippen LogP contribution is -2.10. The molecule has 1 rings (SSSR count). The molecule has 0 saturated carbocycles. The lowest BCUT2D eigenvalue weighted by Gasteiger charge is -2.09. The first-order valence-electron chi connectivity index (χ1n) is 13.4. The summed E-state index contributed by atoms with van der Waals surface area (Å²) in [5, 5.41) is 0. The van der Waals surface area contributed by atoms with Gasteiger partial charge in [0.2, 0.25) is 0 Å². The van der Waals surface area contributed by atoms with Gasteiger partial charge in [-0.3, -0.25) is 9.59 Å². The van der Waals surface area contributed by atoms with E-state index in [4.69, 9.17) is 14.2 Å². The average Bonchev–Trinajstić information content (AvgIpc) is 3.20. The van der Waals surface area contributed by atoms with Gasteiger partial charge in [-0.2, -0.15) is 0 Å². The van der Waals surface area contributed by atoms with Crippen molar-refractivity contribution in [3.8, 4) is 0 Å². The maximum Gasteiger partial charge on any atom is 0.334 e. The van der Waals surface area contributed by atoms with Gasteiger partial charge in [0.15, 0.2) is 0 Å². The van der Waals surface area contributed by atoms with Crippen molar-refractivity contribution in [2.45, 2.75) is 117 Å². The Balaban J connectivity index is 2.51. The molecule has 0 N–H and O–H groups in total. The number of hydrogen-bond acceptors (Lipinski definition) is 6. The third-order valence-corrected chi connectivity index (χ3v) is 5.96. The Morgan fingerprint density at radius 2 is 1.18 bits per heavy atom. The van der Waals surface area contributed by atoms with Gasteiger partial charge in [-0.25, -0.2) is 4.79 Å². The van der Waals surface area contributed by atoms with Crippen molar-refractivity contribution in [2.75, 3.05) is 19.8 Å². The van der Waals surface area contributed by atoms with Crippen LogP contribution >= 0.6 is 0 Å². The molecule has 0 aliphatic heterocycles. The van der Waals surface area contributed by atoms with E-state index < -0.39 is 5.97 Å². The van der Waals surface area contributed by atoms with Crippen molar-refractivity contribution < 1.29 is 28.6 Å². The smallest absolute Gasteiger partial charge is 0.334 e. The van der Waals surface area contributed by atoms with Crippen LogP contribution in [0.5, 0.6) is 0 Å². The van der Waals surface area contributed by atoms with Crippen LogP contribution in [0.25, 0.3) is 0 Å². The second-order valence-corrected chi connectivity index (χ2v) is 9.03. The van der Waals surface area contributed by atoms with Crippen molar-refractivity contribution in [1.82, 2.24) is 0 Å². The van der Waals surface area contributed by atoms with E-state index in [1.807, 2.05) is 0 Å². The zero-order valence-corrected chi connectivity index (χ0v) is 21.8. The van der Waals surface area contributed by atoms with Crippen molar-refractivity contribution in [3.05, 3.63) is 22.8 Å². The number of hydrogen-bond donors (Lipinski definition) is 0. The predicted octanol–water partition coefficient (Wildman–Crippen LogP) is 6.76. The second kappa shape index (κ2) is 19.2. The summed E-state index contributed by atoms with van der Waals surface area (Å²) in [6, 6.07) is 0. The summed E-state index contributed by atoms with van der Waals surface area (Å²) >= 11 is 0. The molecule has 0 heterocycles. The highest BCUT2D eigenvalue weighted by Gasteiger charge is 2.25. The maximum absolute atomic E-state index is 12.4. The summed E-state index contributed by atoms with van der Waals surface area (Å²) in [6.45, 7) is 7.22. The summed E-state index contributed by atoms with van der Waals surface area (Å²) in [5.74, 6) is -1.06. The number of rotatable bonds is 20. The first kappa shape index (κ1) is 29.9. The third-order valence-electron chi connectivity index (χ3n) is 5.96. The van der Waals surface area contributed by atoms with Crippen molar-refractivity contribution in [2.24, 2.45) is 0 Å². The predicted molar refractivity (Wildman–Crippen MR) is 134 cm³/mol.